The average molecular weight is 259 g/mol. The molecule has 0 amide bonds. The minimum absolute atomic E-state index is 0.0211. The van der Waals surface area contributed by atoms with Crippen LogP contribution in [-0.4, -0.2) is 20.5 Å². The highest BCUT2D eigenvalue weighted by Gasteiger charge is 2.23. The van der Waals surface area contributed by atoms with Gasteiger partial charge >= 0.3 is 0 Å². The lowest BCUT2D eigenvalue weighted by Crippen LogP contribution is -2.27. The number of ketones is 1. The number of rotatable bonds is 3. The number of hydrogen-bond donors (Lipinski definition) is 0. The molecule has 4 heteroatoms. The molecule has 88 valence electrons. The minimum Gasteiger partial charge on any atom is -0.293 e. The second-order valence-corrected chi connectivity index (χ2v) is 7.12. The fourth-order valence-electron chi connectivity index (χ4n) is 1.10. The molecule has 1 aromatic rings. The summed E-state index contributed by atoms with van der Waals surface area (Å²) in [5, 5.41) is 0.415. The van der Waals surface area contributed by atoms with Gasteiger partial charge in [-0.2, -0.15) is 0 Å². The fraction of sp³-hybridized carbons (Fsp3) is 0.417. The maximum Gasteiger partial charge on any atom is 0.176 e. The van der Waals surface area contributed by atoms with E-state index in [1.165, 1.54) is 0 Å². The Hall–Kier alpha value is -0.670. The Labute approximate surface area is 103 Å². The quantitative estimate of drug-likeness (QED) is 0.781. The van der Waals surface area contributed by atoms with Crippen molar-refractivity contribution in [2.24, 2.45) is 0 Å². The third kappa shape index (κ3) is 3.42. The summed E-state index contributed by atoms with van der Waals surface area (Å²) in [6.07, 6.45) is 0. The zero-order chi connectivity index (χ0) is 12.3. The zero-order valence-electron chi connectivity index (χ0n) is 9.62. The minimum atomic E-state index is -1.18. The molecule has 1 atom stereocenters. The molecule has 2 nitrogen and oxygen atoms in total. The van der Waals surface area contributed by atoms with Crippen LogP contribution in [0.15, 0.2) is 24.3 Å². The molecule has 0 fully saturated rings. The summed E-state index contributed by atoms with van der Waals surface area (Å²) >= 11 is 5.90. The van der Waals surface area contributed by atoms with E-state index in [0.717, 1.165) is 0 Å². The molecule has 0 radical (unpaired) electrons. The molecule has 1 rings (SSSR count). The first-order chi connectivity index (χ1) is 7.32. The van der Waals surface area contributed by atoms with Gasteiger partial charge in [-0.1, -0.05) is 23.7 Å². The van der Waals surface area contributed by atoms with Gasteiger partial charge in [-0.3, -0.25) is 9.00 Å². The van der Waals surface area contributed by atoms with Crippen LogP contribution in [-0.2, 0) is 10.8 Å². The summed E-state index contributed by atoms with van der Waals surface area (Å²) in [5.41, 5.74) is 0.446. The Morgan fingerprint density at radius 3 is 2.38 bits per heavy atom. The molecule has 16 heavy (non-hydrogen) atoms. The molecular formula is C12H15ClO2S. The Morgan fingerprint density at radius 2 is 1.88 bits per heavy atom. The van der Waals surface area contributed by atoms with E-state index < -0.39 is 10.8 Å². The van der Waals surface area contributed by atoms with Crippen molar-refractivity contribution < 1.29 is 9.00 Å². The molecule has 0 saturated carbocycles. The van der Waals surface area contributed by atoms with Crippen molar-refractivity contribution in [3.63, 3.8) is 0 Å². The second-order valence-electron chi connectivity index (χ2n) is 4.51. The highest BCUT2D eigenvalue weighted by atomic mass is 35.5. The van der Waals surface area contributed by atoms with E-state index in [4.69, 9.17) is 11.6 Å². The van der Waals surface area contributed by atoms with Crippen molar-refractivity contribution in [1.29, 1.82) is 0 Å². The van der Waals surface area contributed by atoms with E-state index in [-0.39, 0.29) is 16.3 Å². The predicted molar refractivity (Wildman–Crippen MR) is 68.5 cm³/mol. The largest absolute Gasteiger partial charge is 0.293 e. The van der Waals surface area contributed by atoms with Crippen LogP contribution < -0.4 is 0 Å². The van der Waals surface area contributed by atoms with Gasteiger partial charge in [0.25, 0.3) is 0 Å². The molecule has 0 aliphatic heterocycles. The molecule has 0 aliphatic rings. The van der Waals surface area contributed by atoms with Gasteiger partial charge < -0.3 is 0 Å². The Balaban J connectivity index is 2.82. The van der Waals surface area contributed by atoms with Gasteiger partial charge in [-0.25, -0.2) is 0 Å². The first kappa shape index (κ1) is 13.4. The molecule has 0 heterocycles. The summed E-state index contributed by atoms with van der Waals surface area (Å²) in [6, 6.07) is 6.83. The van der Waals surface area contributed by atoms with Crippen molar-refractivity contribution in [2.45, 2.75) is 25.5 Å². The number of hydrogen-bond acceptors (Lipinski definition) is 2. The van der Waals surface area contributed by atoms with E-state index >= 15 is 0 Å². The average Bonchev–Trinajstić information content (AvgIpc) is 2.16. The van der Waals surface area contributed by atoms with E-state index in [0.29, 0.717) is 10.6 Å². The predicted octanol–water partition coefficient (Wildman–Crippen LogP) is 3.07. The van der Waals surface area contributed by atoms with Crippen LogP contribution in [0.3, 0.4) is 0 Å². The number of Topliss-reactive ketones (excluding diaryl/α,β-unsaturated/α-hetero) is 1. The van der Waals surface area contributed by atoms with Crippen LogP contribution in [0.5, 0.6) is 0 Å². The third-order valence-electron chi connectivity index (χ3n) is 2.12. The Morgan fingerprint density at radius 1 is 1.31 bits per heavy atom. The maximum absolute atomic E-state index is 11.8. The van der Waals surface area contributed by atoms with Crippen molar-refractivity contribution in [2.75, 3.05) is 5.75 Å². The smallest absolute Gasteiger partial charge is 0.176 e. The highest BCUT2D eigenvalue weighted by molar-refractivity contribution is 7.87. The van der Waals surface area contributed by atoms with E-state index in [1.54, 1.807) is 24.3 Å². The van der Waals surface area contributed by atoms with Crippen LogP contribution in [0.2, 0.25) is 5.02 Å². The summed E-state index contributed by atoms with van der Waals surface area (Å²) in [5.74, 6) is -0.147. The Bertz CT molecular complexity index is 421. The molecule has 0 aromatic heterocycles. The standard InChI is InChI=1S/C12H15ClO2S/c1-12(2,3)16(15)8-11(14)9-6-4-5-7-10(9)13/h4-7H,8H2,1-3H3. The zero-order valence-corrected chi connectivity index (χ0v) is 11.2. The van der Waals surface area contributed by atoms with Crippen molar-refractivity contribution in [3.8, 4) is 0 Å². The normalized spacial score (nSPS) is 13.5. The molecule has 0 spiro atoms. The van der Waals surface area contributed by atoms with E-state index in [2.05, 4.69) is 0 Å². The van der Waals surface area contributed by atoms with Crippen LogP contribution in [0.1, 0.15) is 31.1 Å². The third-order valence-corrected chi connectivity index (χ3v) is 4.34. The summed E-state index contributed by atoms with van der Waals surface area (Å²) in [7, 11) is -1.18. The maximum atomic E-state index is 11.8. The van der Waals surface area contributed by atoms with Gasteiger partial charge in [0.1, 0.15) is 0 Å². The number of halogens is 1. The lowest BCUT2D eigenvalue weighted by atomic mass is 10.1. The van der Waals surface area contributed by atoms with Gasteiger partial charge in [-0.15, -0.1) is 0 Å². The van der Waals surface area contributed by atoms with Crippen LogP contribution in [0.25, 0.3) is 0 Å². The van der Waals surface area contributed by atoms with Crippen molar-refractivity contribution in [3.05, 3.63) is 34.9 Å². The fourth-order valence-corrected chi connectivity index (χ4v) is 2.17. The number of benzene rings is 1. The molecule has 0 N–H and O–H groups in total. The van der Waals surface area contributed by atoms with Gasteiger partial charge in [0.05, 0.1) is 10.8 Å². The van der Waals surface area contributed by atoms with Crippen LogP contribution in [0.4, 0.5) is 0 Å². The van der Waals surface area contributed by atoms with Crippen LogP contribution >= 0.6 is 11.6 Å². The topological polar surface area (TPSA) is 34.1 Å². The lowest BCUT2D eigenvalue weighted by Gasteiger charge is -2.17. The Kier molecular flexibility index (Phi) is 4.28. The van der Waals surface area contributed by atoms with Crippen molar-refractivity contribution >= 4 is 28.2 Å². The second kappa shape index (κ2) is 5.11. The highest BCUT2D eigenvalue weighted by Crippen LogP contribution is 2.18. The van der Waals surface area contributed by atoms with E-state index in [9.17, 15) is 9.00 Å². The van der Waals surface area contributed by atoms with Gasteiger partial charge in [0.15, 0.2) is 5.78 Å². The number of carbonyl (C=O) groups excluding carboxylic acids is 1. The lowest BCUT2D eigenvalue weighted by molar-refractivity contribution is 0.102. The number of carbonyl (C=O) groups is 1. The first-order valence-corrected chi connectivity index (χ1v) is 6.68. The molecule has 1 unspecified atom stereocenters. The molecule has 0 bridgehead atoms. The first-order valence-electron chi connectivity index (χ1n) is 4.98. The summed E-state index contributed by atoms with van der Waals surface area (Å²) in [4.78, 5) is 11.8. The van der Waals surface area contributed by atoms with Gasteiger partial charge in [-0.05, 0) is 32.9 Å². The molecular weight excluding hydrogens is 244 g/mol. The van der Waals surface area contributed by atoms with E-state index in [1.807, 2.05) is 20.8 Å². The van der Waals surface area contributed by atoms with Gasteiger partial charge in [0.2, 0.25) is 0 Å². The van der Waals surface area contributed by atoms with Crippen molar-refractivity contribution in [1.82, 2.24) is 0 Å². The molecule has 0 aliphatic carbocycles. The SMILES string of the molecule is CC(C)(C)S(=O)CC(=O)c1ccccc1Cl. The summed E-state index contributed by atoms with van der Waals surface area (Å²) in [6.45, 7) is 5.55. The van der Waals surface area contributed by atoms with Crippen LogP contribution in [0, 0.1) is 0 Å². The molecule has 1 aromatic carbocycles. The molecule has 0 saturated heterocycles. The van der Waals surface area contributed by atoms with Gasteiger partial charge in [0, 0.05) is 21.1 Å². The monoisotopic (exact) mass is 258 g/mol. The summed E-state index contributed by atoms with van der Waals surface area (Å²) < 4.78 is 11.4.